The highest BCUT2D eigenvalue weighted by atomic mass is 19.1. The van der Waals surface area contributed by atoms with Gasteiger partial charge in [-0.2, -0.15) is 0 Å². The van der Waals surface area contributed by atoms with Gasteiger partial charge in [0.2, 0.25) is 0 Å². The molecule has 112 valence electrons. The zero-order chi connectivity index (χ0) is 14.6. The monoisotopic (exact) mass is 282 g/mol. The Balaban J connectivity index is 2.22. The predicted molar refractivity (Wildman–Crippen MR) is 78.5 cm³/mol. The molecule has 1 fully saturated rings. The van der Waals surface area contributed by atoms with Crippen molar-refractivity contribution in [1.82, 2.24) is 0 Å². The van der Waals surface area contributed by atoms with Crippen LogP contribution in [0.2, 0.25) is 0 Å². The Morgan fingerprint density at radius 2 is 2.10 bits per heavy atom. The molecule has 0 heterocycles. The maximum atomic E-state index is 13.8. The van der Waals surface area contributed by atoms with Crippen LogP contribution in [-0.4, -0.2) is 23.9 Å². The van der Waals surface area contributed by atoms with Gasteiger partial charge in [-0.1, -0.05) is 19.8 Å². The van der Waals surface area contributed by atoms with E-state index in [0.717, 1.165) is 32.1 Å². The van der Waals surface area contributed by atoms with Gasteiger partial charge in [0, 0.05) is 12.1 Å². The molecule has 0 amide bonds. The van der Waals surface area contributed by atoms with Crippen LogP contribution in [-0.2, 0) is 0 Å². The van der Waals surface area contributed by atoms with E-state index in [1.54, 1.807) is 6.07 Å². The second-order valence-corrected chi connectivity index (χ2v) is 5.49. The molecule has 4 N–H and O–H groups in total. The van der Waals surface area contributed by atoms with Crippen LogP contribution in [0.4, 0.5) is 15.8 Å². The highest BCUT2D eigenvalue weighted by molar-refractivity contribution is 5.69. The van der Waals surface area contributed by atoms with Crippen LogP contribution in [0.1, 0.15) is 39.0 Å². The lowest BCUT2D eigenvalue weighted by atomic mass is 9.98. The molecule has 0 radical (unpaired) electrons. The van der Waals surface area contributed by atoms with Gasteiger partial charge in [0.1, 0.15) is 0 Å². The lowest BCUT2D eigenvalue weighted by Crippen LogP contribution is -2.39. The van der Waals surface area contributed by atoms with Crippen molar-refractivity contribution in [1.29, 1.82) is 0 Å². The molecule has 0 saturated heterocycles. The average Bonchev–Trinajstić information content (AvgIpc) is 2.90. The number of ether oxygens (including phenoxy) is 1. The lowest BCUT2D eigenvalue weighted by Gasteiger charge is -2.30. The van der Waals surface area contributed by atoms with Crippen LogP contribution in [0.3, 0.4) is 0 Å². The van der Waals surface area contributed by atoms with Crippen LogP contribution in [0, 0.1) is 5.82 Å². The number of benzene rings is 1. The van der Waals surface area contributed by atoms with E-state index in [9.17, 15) is 9.50 Å². The molecule has 5 heteroatoms. The van der Waals surface area contributed by atoms with Gasteiger partial charge in [0.25, 0.3) is 0 Å². The summed E-state index contributed by atoms with van der Waals surface area (Å²) in [6, 6.07) is 2.86. The van der Waals surface area contributed by atoms with Crippen LogP contribution >= 0.6 is 0 Å². The average molecular weight is 282 g/mol. The van der Waals surface area contributed by atoms with E-state index >= 15 is 0 Å². The van der Waals surface area contributed by atoms with Crippen molar-refractivity contribution in [2.24, 2.45) is 0 Å². The summed E-state index contributed by atoms with van der Waals surface area (Å²) in [5.41, 5.74) is 6.50. The van der Waals surface area contributed by atoms with Crippen LogP contribution < -0.4 is 15.8 Å². The number of hydrogen-bond acceptors (Lipinski definition) is 4. The summed E-state index contributed by atoms with van der Waals surface area (Å²) in [7, 11) is 0. The normalized spacial score (nSPS) is 17.1. The molecule has 1 saturated carbocycles. The summed E-state index contributed by atoms with van der Waals surface area (Å²) >= 11 is 0. The number of halogens is 1. The van der Waals surface area contributed by atoms with E-state index in [4.69, 9.17) is 10.5 Å². The summed E-state index contributed by atoms with van der Waals surface area (Å²) in [5.74, 6) is -0.249. The fourth-order valence-corrected chi connectivity index (χ4v) is 2.66. The van der Waals surface area contributed by atoms with Crippen molar-refractivity contribution >= 4 is 11.4 Å². The molecule has 1 aliphatic rings. The fraction of sp³-hybridized carbons (Fsp3) is 0.600. The molecule has 0 aromatic heterocycles. The number of anilines is 2. The molecule has 2 rings (SSSR count). The number of rotatable bonds is 6. The first kappa shape index (κ1) is 14.9. The van der Waals surface area contributed by atoms with Crippen molar-refractivity contribution in [2.75, 3.05) is 24.3 Å². The first-order valence-electron chi connectivity index (χ1n) is 7.21. The molecular formula is C15H23FN2O2. The Morgan fingerprint density at radius 3 is 2.70 bits per heavy atom. The van der Waals surface area contributed by atoms with Gasteiger partial charge in [-0.05, 0) is 19.3 Å². The smallest absolute Gasteiger partial charge is 0.167 e. The molecule has 1 aromatic carbocycles. The largest absolute Gasteiger partial charge is 0.490 e. The van der Waals surface area contributed by atoms with Gasteiger partial charge in [0.05, 0.1) is 30.1 Å². The van der Waals surface area contributed by atoms with Gasteiger partial charge >= 0.3 is 0 Å². The summed E-state index contributed by atoms with van der Waals surface area (Å²) in [5, 5.41) is 12.9. The zero-order valence-corrected chi connectivity index (χ0v) is 11.9. The second-order valence-electron chi connectivity index (χ2n) is 5.49. The Hall–Kier alpha value is -1.49. The van der Waals surface area contributed by atoms with Gasteiger partial charge < -0.3 is 20.9 Å². The maximum Gasteiger partial charge on any atom is 0.167 e. The number of nitrogen functional groups attached to an aromatic ring is 1. The van der Waals surface area contributed by atoms with Gasteiger partial charge in [-0.3, -0.25) is 0 Å². The highest BCUT2D eigenvalue weighted by Crippen LogP contribution is 2.36. The molecule has 0 spiro atoms. The van der Waals surface area contributed by atoms with E-state index in [1.165, 1.54) is 6.07 Å². The number of hydrogen-bond donors (Lipinski definition) is 3. The molecule has 1 aromatic rings. The minimum Gasteiger partial charge on any atom is -0.490 e. The molecule has 1 aliphatic carbocycles. The summed E-state index contributed by atoms with van der Waals surface area (Å²) < 4.78 is 19.1. The van der Waals surface area contributed by atoms with Gasteiger partial charge in [-0.25, -0.2) is 4.39 Å². The third-order valence-corrected chi connectivity index (χ3v) is 3.83. The first-order chi connectivity index (χ1) is 9.60. The van der Waals surface area contributed by atoms with E-state index in [2.05, 4.69) is 5.32 Å². The van der Waals surface area contributed by atoms with E-state index in [1.807, 2.05) is 6.92 Å². The van der Waals surface area contributed by atoms with Crippen molar-refractivity contribution in [3.8, 4) is 5.75 Å². The number of aliphatic hydroxyl groups excluding tert-OH is 1. The highest BCUT2D eigenvalue weighted by Gasteiger charge is 2.33. The van der Waals surface area contributed by atoms with E-state index < -0.39 is 5.82 Å². The van der Waals surface area contributed by atoms with Crippen LogP contribution in [0.25, 0.3) is 0 Å². The molecule has 20 heavy (non-hydrogen) atoms. The number of aliphatic hydroxyl groups is 1. The molecular weight excluding hydrogens is 259 g/mol. The predicted octanol–water partition coefficient (Wildman–Crippen LogP) is 2.91. The summed E-state index contributed by atoms with van der Waals surface area (Å²) in [6.07, 6.45) is 4.76. The quantitative estimate of drug-likeness (QED) is 0.702. The van der Waals surface area contributed by atoms with Gasteiger partial charge in [0.15, 0.2) is 11.6 Å². The second kappa shape index (κ2) is 6.31. The van der Waals surface area contributed by atoms with Crippen molar-refractivity contribution in [3.63, 3.8) is 0 Å². The molecule has 4 nitrogen and oxygen atoms in total. The minimum atomic E-state index is -0.453. The topological polar surface area (TPSA) is 67.5 Å². The number of nitrogens with one attached hydrogen (secondary N) is 1. The number of nitrogens with two attached hydrogens (primary N) is 1. The molecule has 0 aliphatic heterocycles. The first-order valence-corrected chi connectivity index (χ1v) is 7.21. The van der Waals surface area contributed by atoms with Gasteiger partial charge in [-0.15, -0.1) is 0 Å². The summed E-state index contributed by atoms with van der Waals surface area (Å²) in [6.45, 7) is 2.48. The molecule has 0 bridgehead atoms. The summed E-state index contributed by atoms with van der Waals surface area (Å²) in [4.78, 5) is 0. The Morgan fingerprint density at radius 1 is 1.40 bits per heavy atom. The van der Waals surface area contributed by atoms with Crippen molar-refractivity contribution in [2.45, 2.75) is 44.6 Å². The third-order valence-electron chi connectivity index (χ3n) is 3.83. The van der Waals surface area contributed by atoms with Crippen molar-refractivity contribution in [3.05, 3.63) is 17.9 Å². The third kappa shape index (κ3) is 3.15. The van der Waals surface area contributed by atoms with E-state index in [-0.39, 0.29) is 17.9 Å². The van der Waals surface area contributed by atoms with Crippen LogP contribution in [0.5, 0.6) is 5.75 Å². The Kier molecular flexibility index (Phi) is 4.70. The SMILES string of the molecule is CCCOc1cc(NC2(CO)CCCC2)c(N)cc1F. The van der Waals surface area contributed by atoms with Crippen LogP contribution in [0.15, 0.2) is 12.1 Å². The Labute approximate surface area is 119 Å². The standard InChI is InChI=1S/C15H23FN2O2/c1-2-7-20-14-9-13(12(17)8-11(14)16)18-15(10-19)5-3-4-6-15/h8-9,18-19H,2-7,10,17H2,1H3. The van der Waals surface area contributed by atoms with E-state index in [0.29, 0.717) is 18.0 Å². The van der Waals surface area contributed by atoms with Crippen molar-refractivity contribution < 1.29 is 14.2 Å². The maximum absolute atomic E-state index is 13.8. The Bertz CT molecular complexity index is 459. The molecule has 0 unspecified atom stereocenters. The lowest BCUT2D eigenvalue weighted by molar-refractivity contribution is 0.214. The zero-order valence-electron chi connectivity index (χ0n) is 11.9. The fourth-order valence-electron chi connectivity index (χ4n) is 2.66. The minimum absolute atomic E-state index is 0.0506. The molecule has 0 atom stereocenters.